The van der Waals surface area contributed by atoms with Crippen molar-refractivity contribution in [2.24, 2.45) is 5.10 Å². The number of hydrogen-bond acceptors (Lipinski definition) is 6. The van der Waals surface area contributed by atoms with Crippen LogP contribution in [0.5, 0.6) is 0 Å². The minimum Gasteiger partial charge on any atom is -0.469 e. The monoisotopic (exact) mass is 452 g/mol. The third-order valence-corrected chi connectivity index (χ3v) is 5.32. The summed E-state index contributed by atoms with van der Waals surface area (Å²) in [5.41, 5.74) is 9.50. The fraction of sp³-hybridized carbons (Fsp3) is 0.217. The van der Waals surface area contributed by atoms with E-state index in [0.29, 0.717) is 46.8 Å². The molecule has 0 fully saturated rings. The second-order valence-corrected chi connectivity index (χ2v) is 7.51. The fourth-order valence-corrected chi connectivity index (χ4v) is 3.64. The van der Waals surface area contributed by atoms with E-state index in [9.17, 15) is 18.8 Å². The Labute approximate surface area is 188 Å². The van der Waals surface area contributed by atoms with E-state index >= 15 is 0 Å². The third kappa shape index (κ3) is 4.54. The highest BCUT2D eigenvalue weighted by Crippen LogP contribution is 2.29. The van der Waals surface area contributed by atoms with Gasteiger partial charge in [-0.15, -0.1) is 0 Å². The minimum absolute atomic E-state index is 0.0451. The van der Waals surface area contributed by atoms with Gasteiger partial charge < -0.3 is 8.83 Å². The summed E-state index contributed by atoms with van der Waals surface area (Å²) in [7, 11) is 0. The second-order valence-electron chi connectivity index (χ2n) is 7.51. The van der Waals surface area contributed by atoms with Crippen molar-refractivity contribution in [3.8, 4) is 0 Å². The normalized spacial score (nSPS) is 14.0. The zero-order chi connectivity index (χ0) is 23.5. The van der Waals surface area contributed by atoms with Gasteiger partial charge in [-0.2, -0.15) is 5.10 Å². The Morgan fingerprint density at radius 1 is 0.970 bits per heavy atom. The largest absolute Gasteiger partial charge is 0.469 e. The molecule has 0 bridgehead atoms. The molecule has 170 valence electrons. The van der Waals surface area contributed by atoms with Crippen molar-refractivity contribution in [2.45, 2.75) is 33.1 Å². The molecule has 0 unspecified atom stereocenters. The van der Waals surface area contributed by atoms with E-state index in [1.54, 1.807) is 13.8 Å². The number of amides is 3. The van der Waals surface area contributed by atoms with Crippen molar-refractivity contribution >= 4 is 23.4 Å². The molecule has 0 atom stereocenters. The molecule has 0 saturated heterocycles. The quantitative estimate of drug-likeness (QED) is 0.524. The van der Waals surface area contributed by atoms with E-state index in [2.05, 4.69) is 21.4 Å². The SMILES string of the molecule is Cc1occc1C(=O)NNC(=O)c1oc2c(c1C)/C(=N/NC(=O)c1ccc(F)cc1)CCC2. The molecule has 3 amide bonds. The van der Waals surface area contributed by atoms with E-state index in [1.165, 1.54) is 36.6 Å². The Morgan fingerprint density at radius 3 is 2.39 bits per heavy atom. The Kier molecular flexibility index (Phi) is 6.07. The molecule has 3 N–H and O–H groups in total. The van der Waals surface area contributed by atoms with Gasteiger partial charge in [0, 0.05) is 23.1 Å². The zero-order valence-electron chi connectivity index (χ0n) is 18.0. The number of furan rings is 2. The zero-order valence-corrected chi connectivity index (χ0v) is 18.0. The number of rotatable bonds is 4. The van der Waals surface area contributed by atoms with Gasteiger partial charge in [0.25, 0.3) is 11.8 Å². The van der Waals surface area contributed by atoms with Crippen molar-refractivity contribution in [3.05, 3.63) is 81.9 Å². The van der Waals surface area contributed by atoms with Crippen LogP contribution in [0.15, 0.2) is 50.5 Å². The fourth-order valence-electron chi connectivity index (χ4n) is 3.64. The Balaban J connectivity index is 1.48. The first-order valence-corrected chi connectivity index (χ1v) is 10.2. The first kappa shape index (κ1) is 22.0. The van der Waals surface area contributed by atoms with E-state index in [1.807, 2.05) is 0 Å². The lowest BCUT2D eigenvalue weighted by Gasteiger charge is -2.13. The second kappa shape index (κ2) is 9.11. The van der Waals surface area contributed by atoms with Crippen LogP contribution in [0.3, 0.4) is 0 Å². The number of aryl methyl sites for hydroxylation is 2. The molecule has 2 heterocycles. The molecule has 0 aliphatic heterocycles. The lowest BCUT2D eigenvalue weighted by atomic mass is 9.93. The van der Waals surface area contributed by atoms with Gasteiger partial charge in [-0.1, -0.05) is 0 Å². The lowest BCUT2D eigenvalue weighted by Crippen LogP contribution is -2.41. The van der Waals surface area contributed by atoms with E-state index in [0.717, 1.165) is 6.42 Å². The van der Waals surface area contributed by atoms with Crippen molar-refractivity contribution in [2.75, 3.05) is 0 Å². The summed E-state index contributed by atoms with van der Waals surface area (Å²) in [6.07, 6.45) is 3.29. The molecular formula is C23H21FN4O5. The molecule has 1 aromatic carbocycles. The van der Waals surface area contributed by atoms with Crippen LogP contribution in [0.2, 0.25) is 0 Å². The molecule has 3 aromatic rings. The average molecular weight is 452 g/mol. The first-order chi connectivity index (χ1) is 15.8. The number of fused-ring (bicyclic) bond motifs is 1. The molecule has 0 saturated carbocycles. The average Bonchev–Trinajstić information content (AvgIpc) is 3.39. The highest BCUT2D eigenvalue weighted by Gasteiger charge is 2.28. The Hall–Kier alpha value is -4.21. The molecule has 0 spiro atoms. The van der Waals surface area contributed by atoms with Gasteiger partial charge in [-0.25, -0.2) is 9.82 Å². The molecule has 1 aliphatic rings. The number of nitrogens with one attached hydrogen (secondary N) is 3. The van der Waals surface area contributed by atoms with Crippen LogP contribution in [0.25, 0.3) is 0 Å². The summed E-state index contributed by atoms with van der Waals surface area (Å²) in [4.78, 5) is 37.1. The third-order valence-electron chi connectivity index (χ3n) is 5.32. The maximum atomic E-state index is 13.1. The Morgan fingerprint density at radius 2 is 1.70 bits per heavy atom. The van der Waals surface area contributed by atoms with Crippen molar-refractivity contribution in [3.63, 3.8) is 0 Å². The Bertz CT molecular complexity index is 1260. The summed E-state index contributed by atoms with van der Waals surface area (Å²) < 4.78 is 23.9. The van der Waals surface area contributed by atoms with E-state index in [4.69, 9.17) is 8.83 Å². The summed E-state index contributed by atoms with van der Waals surface area (Å²) in [5.74, 6) is -1.01. The van der Waals surface area contributed by atoms with Gasteiger partial charge in [-0.05, 0) is 57.0 Å². The van der Waals surface area contributed by atoms with Crippen LogP contribution >= 0.6 is 0 Å². The molecule has 2 aromatic heterocycles. The van der Waals surface area contributed by atoms with Crippen molar-refractivity contribution in [1.82, 2.24) is 16.3 Å². The molecule has 0 radical (unpaired) electrons. The van der Waals surface area contributed by atoms with Gasteiger partial charge in [0.1, 0.15) is 17.3 Å². The summed E-state index contributed by atoms with van der Waals surface area (Å²) in [6.45, 7) is 3.35. The number of carbonyl (C=O) groups is 3. The number of hydrogen-bond donors (Lipinski definition) is 3. The van der Waals surface area contributed by atoms with Crippen LogP contribution < -0.4 is 16.3 Å². The number of hydrazone groups is 1. The predicted octanol–water partition coefficient (Wildman–Crippen LogP) is 3.17. The van der Waals surface area contributed by atoms with Gasteiger partial charge >= 0.3 is 5.91 Å². The highest BCUT2D eigenvalue weighted by atomic mass is 19.1. The van der Waals surface area contributed by atoms with Gasteiger partial charge in [0.15, 0.2) is 5.76 Å². The lowest BCUT2D eigenvalue weighted by molar-refractivity contribution is 0.0828. The first-order valence-electron chi connectivity index (χ1n) is 10.2. The summed E-state index contributed by atoms with van der Waals surface area (Å²) in [5, 5.41) is 4.23. The molecule has 1 aliphatic carbocycles. The summed E-state index contributed by atoms with van der Waals surface area (Å²) >= 11 is 0. The van der Waals surface area contributed by atoms with Gasteiger partial charge in [0.05, 0.1) is 17.5 Å². The standard InChI is InChI=1S/C23H21FN4O5/c1-12-19-17(25-26-21(29)14-6-8-15(24)9-7-14)4-3-5-18(19)33-20(12)23(31)28-27-22(30)16-10-11-32-13(16)2/h6-11H,3-5H2,1-2H3,(H,26,29)(H,27,30)(H,28,31)/b25-17+. The van der Waals surface area contributed by atoms with E-state index < -0.39 is 23.5 Å². The molecule has 4 rings (SSSR count). The highest BCUT2D eigenvalue weighted by molar-refractivity contribution is 6.07. The maximum Gasteiger partial charge on any atom is 0.305 e. The number of hydrazine groups is 1. The topological polar surface area (TPSA) is 126 Å². The smallest absolute Gasteiger partial charge is 0.305 e. The number of carbonyl (C=O) groups excluding carboxylic acids is 3. The van der Waals surface area contributed by atoms with E-state index in [-0.39, 0.29) is 11.3 Å². The number of nitrogens with zero attached hydrogens (tertiary/aromatic N) is 1. The van der Waals surface area contributed by atoms with Crippen LogP contribution in [0, 0.1) is 19.7 Å². The van der Waals surface area contributed by atoms with Gasteiger partial charge in [-0.3, -0.25) is 25.2 Å². The minimum atomic E-state index is -0.619. The molecule has 33 heavy (non-hydrogen) atoms. The number of benzene rings is 1. The molecule has 9 nitrogen and oxygen atoms in total. The maximum absolute atomic E-state index is 13.1. The van der Waals surface area contributed by atoms with Crippen LogP contribution in [0.1, 0.15) is 66.8 Å². The van der Waals surface area contributed by atoms with Crippen molar-refractivity contribution < 1.29 is 27.6 Å². The van der Waals surface area contributed by atoms with Gasteiger partial charge in [0.2, 0.25) is 0 Å². The summed E-state index contributed by atoms with van der Waals surface area (Å²) in [6, 6.07) is 6.61. The van der Waals surface area contributed by atoms with Crippen LogP contribution in [0.4, 0.5) is 4.39 Å². The predicted molar refractivity (Wildman–Crippen MR) is 115 cm³/mol. The van der Waals surface area contributed by atoms with Crippen LogP contribution in [-0.4, -0.2) is 23.4 Å². The number of halogens is 1. The van der Waals surface area contributed by atoms with Crippen LogP contribution in [-0.2, 0) is 6.42 Å². The van der Waals surface area contributed by atoms with Crippen molar-refractivity contribution in [1.29, 1.82) is 0 Å². The molecular weight excluding hydrogens is 431 g/mol. The molecule has 10 heteroatoms.